The van der Waals surface area contributed by atoms with Crippen molar-refractivity contribution in [2.75, 3.05) is 6.61 Å². The molecule has 0 heterocycles. The van der Waals surface area contributed by atoms with Crippen LogP contribution in [-0.2, 0) is 0 Å². The second-order valence-corrected chi connectivity index (χ2v) is 5.29. The van der Waals surface area contributed by atoms with Crippen molar-refractivity contribution in [2.24, 2.45) is 5.92 Å². The molecule has 1 aromatic carbocycles. The second-order valence-electron chi connectivity index (χ2n) is 4.88. The van der Waals surface area contributed by atoms with Gasteiger partial charge in [0.05, 0.1) is 17.2 Å². The molecule has 1 N–H and O–H groups in total. The maximum atomic E-state index is 13.5. The minimum absolute atomic E-state index is 0.134. The molecule has 0 radical (unpaired) electrons. The molecular formula is C14H16ClFO3. The van der Waals surface area contributed by atoms with Crippen molar-refractivity contribution in [3.8, 4) is 5.75 Å². The minimum atomic E-state index is -1.33. The highest BCUT2D eigenvalue weighted by molar-refractivity contribution is 6.32. The highest BCUT2D eigenvalue weighted by Gasteiger charge is 2.17. The number of rotatable bonds is 4. The van der Waals surface area contributed by atoms with Crippen molar-refractivity contribution in [2.45, 2.75) is 32.1 Å². The number of hydrogen-bond acceptors (Lipinski definition) is 2. The van der Waals surface area contributed by atoms with Gasteiger partial charge in [0.1, 0.15) is 11.6 Å². The van der Waals surface area contributed by atoms with Crippen LogP contribution >= 0.6 is 11.6 Å². The van der Waals surface area contributed by atoms with Crippen LogP contribution in [0.5, 0.6) is 5.75 Å². The molecule has 104 valence electrons. The number of carboxylic acid groups (broad SMARTS) is 1. The summed E-state index contributed by atoms with van der Waals surface area (Å²) < 4.78 is 19.1. The number of carboxylic acids is 1. The summed E-state index contributed by atoms with van der Waals surface area (Å²) in [6, 6.07) is 2.14. The van der Waals surface area contributed by atoms with Crippen LogP contribution in [0, 0.1) is 11.7 Å². The molecule has 1 aliphatic rings. The maximum Gasteiger partial charge on any atom is 0.338 e. The molecule has 3 nitrogen and oxygen atoms in total. The van der Waals surface area contributed by atoms with E-state index in [1.807, 2.05) is 0 Å². The van der Waals surface area contributed by atoms with Gasteiger partial charge in [-0.1, -0.05) is 30.9 Å². The quantitative estimate of drug-likeness (QED) is 0.905. The molecule has 0 atom stereocenters. The Bertz CT molecular complexity index is 470. The molecule has 19 heavy (non-hydrogen) atoms. The van der Waals surface area contributed by atoms with E-state index in [1.54, 1.807) is 0 Å². The Morgan fingerprint density at radius 1 is 1.37 bits per heavy atom. The number of benzene rings is 1. The first-order valence-electron chi connectivity index (χ1n) is 6.43. The molecular weight excluding hydrogens is 271 g/mol. The third-order valence-electron chi connectivity index (χ3n) is 3.45. The molecule has 1 fully saturated rings. The molecule has 0 aliphatic heterocycles. The molecule has 0 spiro atoms. The molecule has 2 rings (SSSR count). The van der Waals surface area contributed by atoms with Crippen LogP contribution in [0.15, 0.2) is 12.1 Å². The van der Waals surface area contributed by atoms with Crippen LogP contribution in [0.25, 0.3) is 0 Å². The zero-order valence-electron chi connectivity index (χ0n) is 10.5. The van der Waals surface area contributed by atoms with Gasteiger partial charge < -0.3 is 9.84 Å². The van der Waals surface area contributed by atoms with E-state index < -0.39 is 17.3 Å². The van der Waals surface area contributed by atoms with E-state index in [9.17, 15) is 9.18 Å². The summed E-state index contributed by atoms with van der Waals surface area (Å²) in [5.74, 6) is -1.46. The van der Waals surface area contributed by atoms with E-state index in [0.717, 1.165) is 25.0 Å². The fourth-order valence-corrected chi connectivity index (χ4v) is 2.58. The maximum absolute atomic E-state index is 13.5. The smallest absolute Gasteiger partial charge is 0.338 e. The van der Waals surface area contributed by atoms with Gasteiger partial charge in [-0.25, -0.2) is 9.18 Å². The lowest BCUT2D eigenvalue weighted by molar-refractivity contribution is 0.0692. The van der Waals surface area contributed by atoms with Crippen molar-refractivity contribution in [1.82, 2.24) is 0 Å². The van der Waals surface area contributed by atoms with E-state index in [2.05, 4.69) is 0 Å². The molecule has 0 amide bonds. The molecule has 0 bridgehead atoms. The molecule has 5 heteroatoms. The summed E-state index contributed by atoms with van der Waals surface area (Å²) in [4.78, 5) is 10.8. The molecule has 0 saturated heterocycles. The molecule has 1 aliphatic carbocycles. The lowest BCUT2D eigenvalue weighted by Crippen LogP contribution is -2.15. The predicted molar refractivity (Wildman–Crippen MR) is 70.4 cm³/mol. The first-order chi connectivity index (χ1) is 9.08. The second kappa shape index (κ2) is 6.24. The SMILES string of the molecule is O=C(O)c1cc(Cl)c(OCC2CCCCC2)cc1F. The van der Waals surface area contributed by atoms with Crippen LogP contribution in [-0.4, -0.2) is 17.7 Å². The number of halogens is 2. The summed E-state index contributed by atoms with van der Waals surface area (Å²) >= 11 is 5.91. The van der Waals surface area contributed by atoms with E-state index >= 15 is 0 Å². The molecule has 0 aromatic heterocycles. The fourth-order valence-electron chi connectivity index (χ4n) is 2.36. The summed E-state index contributed by atoms with van der Waals surface area (Å²) in [5.41, 5.74) is -0.435. The standard InChI is InChI=1S/C14H16ClFO3/c15-11-6-10(14(17)18)12(16)7-13(11)19-8-9-4-2-1-3-5-9/h6-7,9H,1-5,8H2,(H,17,18). The van der Waals surface area contributed by atoms with Crippen molar-refractivity contribution in [3.63, 3.8) is 0 Å². The highest BCUT2D eigenvalue weighted by atomic mass is 35.5. The number of hydrogen-bond donors (Lipinski definition) is 1. The topological polar surface area (TPSA) is 46.5 Å². The Balaban J connectivity index is 2.04. The number of carbonyl (C=O) groups is 1. The normalized spacial score (nSPS) is 16.3. The van der Waals surface area contributed by atoms with Crippen molar-refractivity contribution in [3.05, 3.63) is 28.5 Å². The summed E-state index contributed by atoms with van der Waals surface area (Å²) in [7, 11) is 0. The third kappa shape index (κ3) is 3.60. The lowest BCUT2D eigenvalue weighted by atomic mass is 9.90. The van der Waals surface area contributed by atoms with Gasteiger partial charge in [-0.05, 0) is 24.8 Å². The molecule has 0 unspecified atom stereocenters. The Morgan fingerprint density at radius 2 is 2.05 bits per heavy atom. The lowest BCUT2D eigenvalue weighted by Gasteiger charge is -2.22. The van der Waals surface area contributed by atoms with Gasteiger partial charge in [0, 0.05) is 6.07 Å². The van der Waals surface area contributed by atoms with Gasteiger partial charge in [-0.2, -0.15) is 0 Å². The van der Waals surface area contributed by atoms with Gasteiger partial charge in [0.25, 0.3) is 0 Å². The summed E-state index contributed by atoms with van der Waals surface area (Å²) in [5, 5.41) is 8.91. The van der Waals surface area contributed by atoms with Crippen molar-refractivity contribution < 1.29 is 19.0 Å². The van der Waals surface area contributed by atoms with Crippen LogP contribution in [0.1, 0.15) is 42.5 Å². The van der Waals surface area contributed by atoms with Crippen LogP contribution < -0.4 is 4.74 Å². The van der Waals surface area contributed by atoms with E-state index in [-0.39, 0.29) is 10.8 Å². The zero-order valence-corrected chi connectivity index (χ0v) is 11.3. The highest BCUT2D eigenvalue weighted by Crippen LogP contribution is 2.30. The summed E-state index contributed by atoms with van der Waals surface area (Å²) in [6.45, 7) is 0.506. The Labute approximate surface area is 116 Å². The van der Waals surface area contributed by atoms with Gasteiger partial charge in [0.2, 0.25) is 0 Å². The van der Waals surface area contributed by atoms with Crippen LogP contribution in [0.4, 0.5) is 4.39 Å². The fraction of sp³-hybridized carbons (Fsp3) is 0.500. The monoisotopic (exact) mass is 286 g/mol. The Hall–Kier alpha value is -1.29. The van der Waals surface area contributed by atoms with Crippen LogP contribution in [0.2, 0.25) is 5.02 Å². The largest absolute Gasteiger partial charge is 0.492 e. The Morgan fingerprint density at radius 3 is 2.68 bits per heavy atom. The van der Waals surface area contributed by atoms with E-state index in [0.29, 0.717) is 12.5 Å². The molecule has 1 saturated carbocycles. The van der Waals surface area contributed by atoms with Crippen molar-refractivity contribution >= 4 is 17.6 Å². The first-order valence-corrected chi connectivity index (χ1v) is 6.81. The Kier molecular flexibility index (Phi) is 4.64. The van der Waals surface area contributed by atoms with E-state index in [1.165, 1.54) is 19.3 Å². The third-order valence-corrected chi connectivity index (χ3v) is 3.75. The van der Waals surface area contributed by atoms with Crippen molar-refractivity contribution in [1.29, 1.82) is 0 Å². The average Bonchev–Trinajstić information content (AvgIpc) is 2.40. The van der Waals surface area contributed by atoms with Gasteiger partial charge in [-0.15, -0.1) is 0 Å². The zero-order chi connectivity index (χ0) is 13.8. The minimum Gasteiger partial charge on any atom is -0.492 e. The first kappa shape index (κ1) is 14.1. The number of aromatic carboxylic acids is 1. The predicted octanol–water partition coefficient (Wildman–Crippen LogP) is 4.14. The average molecular weight is 287 g/mol. The van der Waals surface area contributed by atoms with E-state index in [4.69, 9.17) is 21.4 Å². The van der Waals surface area contributed by atoms with Gasteiger partial charge in [-0.3, -0.25) is 0 Å². The van der Waals surface area contributed by atoms with Gasteiger partial charge >= 0.3 is 5.97 Å². The van der Waals surface area contributed by atoms with Gasteiger partial charge in [0.15, 0.2) is 0 Å². The molecule has 1 aromatic rings. The van der Waals surface area contributed by atoms with Crippen LogP contribution in [0.3, 0.4) is 0 Å². The summed E-state index contributed by atoms with van der Waals surface area (Å²) in [6.07, 6.45) is 5.90. The number of ether oxygens (including phenoxy) is 1.